The zero-order valence-corrected chi connectivity index (χ0v) is 19.0. The molecule has 0 aromatic carbocycles. The average Bonchev–Trinajstić information content (AvgIpc) is 2.69. The maximum absolute atomic E-state index is 10.3. The van der Waals surface area contributed by atoms with E-state index in [4.69, 9.17) is 15.3 Å². The van der Waals surface area contributed by atoms with Crippen molar-refractivity contribution in [2.24, 2.45) is 0 Å². The number of rotatable bonds is 20. The minimum Gasteiger partial charge on any atom is -0.479 e. The van der Waals surface area contributed by atoms with Gasteiger partial charge < -0.3 is 15.3 Å². The Hall–Kier alpha value is -0.610. The summed E-state index contributed by atoms with van der Waals surface area (Å²) in [6.07, 6.45) is 22.0. The lowest BCUT2D eigenvalue weighted by Gasteiger charge is -2.04. The number of hydrogen-bond acceptors (Lipinski definition) is 3. The van der Waals surface area contributed by atoms with Gasteiger partial charge in [-0.3, -0.25) is 0 Å². The van der Waals surface area contributed by atoms with E-state index in [2.05, 4.69) is 13.8 Å². The molecule has 0 spiro atoms. The fourth-order valence-electron chi connectivity index (χ4n) is 3.19. The van der Waals surface area contributed by atoms with Crippen molar-refractivity contribution in [2.45, 2.75) is 142 Å². The molecule has 0 saturated carbocycles. The summed E-state index contributed by atoms with van der Waals surface area (Å²) in [5.41, 5.74) is 0. The molecular formula is C24H50O4. The molecule has 0 heterocycles. The number of carboxylic acid groups (broad SMARTS) is 1. The van der Waals surface area contributed by atoms with Crippen molar-refractivity contribution in [1.29, 1.82) is 0 Å². The van der Waals surface area contributed by atoms with Gasteiger partial charge in [0.05, 0.1) is 0 Å². The lowest BCUT2D eigenvalue weighted by atomic mass is 10.1. The molecule has 28 heavy (non-hydrogen) atoms. The molecule has 0 aliphatic carbocycles. The molecule has 170 valence electrons. The Bertz CT molecular complexity index is 284. The molecule has 0 aromatic rings. The van der Waals surface area contributed by atoms with E-state index in [-0.39, 0.29) is 0 Å². The monoisotopic (exact) mass is 402 g/mol. The number of carbonyl (C=O) groups is 1. The van der Waals surface area contributed by atoms with E-state index in [9.17, 15) is 4.79 Å². The zero-order valence-electron chi connectivity index (χ0n) is 19.0. The van der Waals surface area contributed by atoms with Crippen LogP contribution in [0.5, 0.6) is 0 Å². The van der Waals surface area contributed by atoms with Crippen LogP contribution in [0, 0.1) is 0 Å². The van der Waals surface area contributed by atoms with E-state index < -0.39 is 12.1 Å². The molecule has 4 nitrogen and oxygen atoms in total. The summed E-state index contributed by atoms with van der Waals surface area (Å²) in [6, 6.07) is 0. The van der Waals surface area contributed by atoms with E-state index in [1.54, 1.807) is 0 Å². The topological polar surface area (TPSA) is 77.8 Å². The van der Waals surface area contributed by atoms with Crippen LogP contribution in [0.15, 0.2) is 0 Å². The molecule has 0 fully saturated rings. The molecule has 0 radical (unpaired) electrons. The molecule has 0 rings (SSSR count). The third-order valence-corrected chi connectivity index (χ3v) is 5.13. The molecule has 0 bridgehead atoms. The van der Waals surface area contributed by atoms with Gasteiger partial charge in [0.1, 0.15) is 0 Å². The third-order valence-electron chi connectivity index (χ3n) is 5.13. The molecule has 1 unspecified atom stereocenters. The van der Waals surface area contributed by atoms with Gasteiger partial charge in [0.25, 0.3) is 0 Å². The van der Waals surface area contributed by atoms with Gasteiger partial charge in [-0.05, 0) is 12.8 Å². The molecule has 4 heteroatoms. The molecule has 0 aliphatic heterocycles. The van der Waals surface area contributed by atoms with E-state index in [0.717, 1.165) is 25.7 Å². The highest BCUT2D eigenvalue weighted by atomic mass is 16.4. The van der Waals surface area contributed by atoms with Gasteiger partial charge in [-0.2, -0.15) is 0 Å². The highest BCUT2D eigenvalue weighted by Crippen LogP contribution is 2.11. The third kappa shape index (κ3) is 27.6. The lowest BCUT2D eigenvalue weighted by molar-refractivity contribution is -0.146. The molecule has 3 N–H and O–H groups in total. The fraction of sp³-hybridized carbons (Fsp3) is 0.958. The molecule has 1 atom stereocenters. The second-order valence-corrected chi connectivity index (χ2v) is 8.02. The number of aliphatic hydroxyl groups is 2. The summed E-state index contributed by atoms with van der Waals surface area (Å²) in [5, 5.41) is 26.0. The van der Waals surface area contributed by atoms with Crippen molar-refractivity contribution >= 4 is 5.97 Å². The average molecular weight is 403 g/mol. The highest BCUT2D eigenvalue weighted by molar-refractivity contribution is 5.71. The van der Waals surface area contributed by atoms with E-state index in [1.807, 2.05) is 0 Å². The Morgan fingerprint density at radius 2 is 0.929 bits per heavy atom. The first-order valence-electron chi connectivity index (χ1n) is 12.1. The maximum Gasteiger partial charge on any atom is 0.332 e. The van der Waals surface area contributed by atoms with Crippen molar-refractivity contribution in [3.8, 4) is 0 Å². The second-order valence-electron chi connectivity index (χ2n) is 8.02. The molecule has 0 saturated heterocycles. The van der Waals surface area contributed by atoms with Crippen molar-refractivity contribution in [2.75, 3.05) is 6.61 Å². The van der Waals surface area contributed by atoms with Gasteiger partial charge in [-0.15, -0.1) is 0 Å². The summed E-state index contributed by atoms with van der Waals surface area (Å²) in [6.45, 7) is 4.83. The summed E-state index contributed by atoms with van der Waals surface area (Å²) in [5.74, 6) is -1.10. The molecule has 0 aromatic heterocycles. The predicted octanol–water partition coefficient (Wildman–Crippen LogP) is 6.86. The number of hydrogen-bond donors (Lipinski definition) is 3. The largest absolute Gasteiger partial charge is 0.479 e. The Morgan fingerprint density at radius 3 is 1.25 bits per heavy atom. The number of aliphatic hydroxyl groups excluding tert-OH is 2. The quantitative estimate of drug-likeness (QED) is 0.194. The van der Waals surface area contributed by atoms with Crippen LogP contribution < -0.4 is 0 Å². The maximum atomic E-state index is 10.3. The Balaban J connectivity index is 0. The molecule has 0 amide bonds. The normalized spacial score (nSPS) is 11.7. The minimum atomic E-state index is -1.16. The van der Waals surface area contributed by atoms with Crippen LogP contribution in [0.25, 0.3) is 0 Å². The Kier molecular flexibility index (Phi) is 27.9. The SMILES string of the molecule is CCCCCCCCCCC(O)C(=O)O.CCCCCCCCCCCCO. The standard InChI is InChI=1S/C12H24O3.C12H26O/c1-2-3-4-5-6-7-8-9-10-11(13)12(14)15;1-2-3-4-5-6-7-8-9-10-11-12-13/h11,13H,2-10H2,1H3,(H,14,15);13H,2-12H2,1H3. The van der Waals surface area contributed by atoms with Gasteiger partial charge in [-0.1, -0.05) is 123 Å². The predicted molar refractivity (Wildman–Crippen MR) is 120 cm³/mol. The van der Waals surface area contributed by atoms with Crippen LogP contribution in [-0.2, 0) is 4.79 Å². The first kappa shape index (κ1) is 29.6. The smallest absolute Gasteiger partial charge is 0.332 e. The van der Waals surface area contributed by atoms with Crippen molar-refractivity contribution in [3.63, 3.8) is 0 Å². The van der Waals surface area contributed by atoms with Gasteiger partial charge in [0, 0.05) is 6.61 Å². The number of carboxylic acids is 1. The fourth-order valence-corrected chi connectivity index (χ4v) is 3.19. The Labute approximate surface area is 175 Å². The van der Waals surface area contributed by atoms with Crippen LogP contribution in [0.1, 0.15) is 136 Å². The van der Waals surface area contributed by atoms with Gasteiger partial charge >= 0.3 is 5.97 Å². The number of unbranched alkanes of at least 4 members (excludes halogenated alkanes) is 16. The summed E-state index contributed by atoms with van der Waals surface area (Å²) >= 11 is 0. The molecule has 0 aliphatic rings. The van der Waals surface area contributed by atoms with E-state index >= 15 is 0 Å². The number of aliphatic carboxylic acids is 1. The van der Waals surface area contributed by atoms with Gasteiger partial charge in [-0.25, -0.2) is 4.79 Å². The Morgan fingerprint density at radius 1 is 0.607 bits per heavy atom. The molecular weight excluding hydrogens is 352 g/mol. The van der Waals surface area contributed by atoms with Crippen LogP contribution >= 0.6 is 0 Å². The highest BCUT2D eigenvalue weighted by Gasteiger charge is 2.11. The lowest BCUT2D eigenvalue weighted by Crippen LogP contribution is -2.18. The van der Waals surface area contributed by atoms with Gasteiger partial charge in [0.15, 0.2) is 6.10 Å². The first-order chi connectivity index (χ1) is 13.6. The van der Waals surface area contributed by atoms with Crippen LogP contribution in [0.3, 0.4) is 0 Å². The van der Waals surface area contributed by atoms with Crippen molar-refractivity contribution in [3.05, 3.63) is 0 Å². The van der Waals surface area contributed by atoms with Crippen molar-refractivity contribution in [1.82, 2.24) is 0 Å². The van der Waals surface area contributed by atoms with Crippen LogP contribution in [-0.4, -0.2) is 34.0 Å². The van der Waals surface area contributed by atoms with E-state index in [0.29, 0.717) is 13.0 Å². The summed E-state index contributed by atoms with van der Waals surface area (Å²) in [4.78, 5) is 10.3. The zero-order chi connectivity index (χ0) is 21.3. The van der Waals surface area contributed by atoms with Crippen LogP contribution in [0.2, 0.25) is 0 Å². The van der Waals surface area contributed by atoms with Gasteiger partial charge in [0.2, 0.25) is 0 Å². The van der Waals surface area contributed by atoms with Crippen molar-refractivity contribution < 1.29 is 20.1 Å². The van der Waals surface area contributed by atoms with E-state index in [1.165, 1.54) is 89.9 Å². The minimum absolute atomic E-state index is 0.372. The summed E-state index contributed by atoms with van der Waals surface area (Å²) in [7, 11) is 0. The van der Waals surface area contributed by atoms with Crippen LogP contribution in [0.4, 0.5) is 0 Å². The second kappa shape index (κ2) is 26.4. The summed E-state index contributed by atoms with van der Waals surface area (Å²) < 4.78 is 0. The first-order valence-corrected chi connectivity index (χ1v) is 12.1.